The van der Waals surface area contributed by atoms with Crippen molar-refractivity contribution < 1.29 is 20.3 Å². The number of hydrogen-bond acceptors (Lipinski definition) is 4. The zero-order valence-electron chi connectivity index (χ0n) is 6.74. The maximum Gasteiger partial charge on any atom is 0.432 e. The van der Waals surface area contributed by atoms with E-state index in [2.05, 4.69) is 0 Å². The van der Waals surface area contributed by atoms with E-state index in [1.807, 2.05) is 0 Å². The van der Waals surface area contributed by atoms with Gasteiger partial charge in [0.25, 0.3) is 0 Å². The highest BCUT2D eigenvalue weighted by Gasteiger charge is 1.84. The molecule has 0 unspecified atom stereocenters. The van der Waals surface area contributed by atoms with Gasteiger partial charge in [-0.2, -0.15) is 0 Å². The van der Waals surface area contributed by atoms with Crippen LogP contribution in [0, 0.1) is 0 Å². The van der Waals surface area contributed by atoms with Gasteiger partial charge in [-0.25, -0.2) is 0 Å². The third-order valence-electron chi connectivity index (χ3n) is 1.07. The molecule has 0 amide bonds. The van der Waals surface area contributed by atoms with Gasteiger partial charge in [-0.05, 0) is 12.8 Å². The van der Waals surface area contributed by atoms with Gasteiger partial charge in [0, 0.05) is 13.2 Å². The van der Waals surface area contributed by atoms with Crippen LogP contribution < -0.4 is 0 Å². The molecule has 4 nitrogen and oxygen atoms in total. The van der Waals surface area contributed by atoms with Crippen molar-refractivity contribution in [1.29, 1.82) is 0 Å². The topological polar surface area (TPSA) is 80.9 Å². The second-order valence-electron chi connectivity index (χ2n) is 2.00. The summed E-state index contributed by atoms with van der Waals surface area (Å²) < 4.78 is 0. The normalized spacial score (nSPS) is 8.36. The Labute approximate surface area is 67.8 Å². The van der Waals surface area contributed by atoms with Crippen molar-refractivity contribution in [2.45, 2.75) is 25.7 Å². The molecule has 68 valence electrons. The quantitative estimate of drug-likeness (QED) is 0.303. The van der Waals surface area contributed by atoms with Crippen LogP contribution in [0.2, 0.25) is 0 Å². The Hall–Kier alpha value is -0.0951. The molecule has 0 aliphatic heterocycles. The molecule has 0 atom stereocenters. The fourth-order valence-corrected chi connectivity index (χ4v) is 0.577. The molecule has 0 aliphatic carbocycles. The summed E-state index contributed by atoms with van der Waals surface area (Å²) in [5, 5.41) is 30.9. The Morgan fingerprint density at radius 3 is 1.18 bits per heavy atom. The monoisotopic (exact) mass is 164 g/mol. The fourth-order valence-electron chi connectivity index (χ4n) is 0.577. The fraction of sp³-hybridized carbons (Fsp3) is 1.00. The van der Waals surface area contributed by atoms with Crippen LogP contribution in [0.3, 0.4) is 0 Å². The summed E-state index contributed by atoms with van der Waals surface area (Å²) in [6.07, 6.45) is 3.83. The van der Waals surface area contributed by atoms with E-state index in [1.165, 1.54) is 0 Å². The lowest BCUT2D eigenvalue weighted by molar-refractivity contribution is 0.265. The Morgan fingerprint density at radius 1 is 0.727 bits per heavy atom. The molecule has 0 bridgehead atoms. The summed E-state index contributed by atoms with van der Waals surface area (Å²) in [5.74, 6) is 0. The first-order valence-corrected chi connectivity index (χ1v) is 3.76. The molecule has 0 aromatic rings. The van der Waals surface area contributed by atoms with Crippen molar-refractivity contribution in [3.8, 4) is 0 Å². The highest BCUT2D eigenvalue weighted by Crippen LogP contribution is 1.96. The SMILES string of the molecule is OBO.OCCCCCCO. The van der Waals surface area contributed by atoms with Crippen molar-refractivity contribution in [1.82, 2.24) is 0 Å². The van der Waals surface area contributed by atoms with E-state index in [1.54, 1.807) is 0 Å². The van der Waals surface area contributed by atoms with Crippen LogP contribution >= 0.6 is 0 Å². The third kappa shape index (κ3) is 25.7. The number of unbranched alkanes of at least 4 members (excludes halogenated alkanes) is 3. The van der Waals surface area contributed by atoms with Gasteiger partial charge in [-0.15, -0.1) is 0 Å². The molecule has 11 heavy (non-hydrogen) atoms. The summed E-state index contributed by atoms with van der Waals surface area (Å²) in [7, 11) is -0.750. The Bertz CT molecular complexity index is 47.8. The third-order valence-corrected chi connectivity index (χ3v) is 1.07. The summed E-state index contributed by atoms with van der Waals surface area (Å²) >= 11 is 0. The van der Waals surface area contributed by atoms with Crippen LogP contribution in [0.25, 0.3) is 0 Å². The second-order valence-corrected chi connectivity index (χ2v) is 2.00. The molecule has 0 rings (SSSR count). The number of aliphatic hydroxyl groups excluding tert-OH is 2. The van der Waals surface area contributed by atoms with Crippen molar-refractivity contribution in [3.05, 3.63) is 0 Å². The molecule has 0 fully saturated rings. The molecule has 4 N–H and O–H groups in total. The van der Waals surface area contributed by atoms with Gasteiger partial charge in [-0.3, -0.25) is 0 Å². The average Bonchev–Trinajstić information content (AvgIpc) is 2.00. The minimum atomic E-state index is -0.750. The highest BCUT2D eigenvalue weighted by molar-refractivity contribution is 6.13. The molecule has 0 spiro atoms. The predicted molar refractivity (Wildman–Crippen MR) is 44.2 cm³/mol. The smallest absolute Gasteiger partial charge is 0.430 e. The molecule has 0 saturated heterocycles. The molecule has 0 aliphatic rings. The number of rotatable bonds is 5. The van der Waals surface area contributed by atoms with Crippen molar-refractivity contribution >= 4 is 7.69 Å². The van der Waals surface area contributed by atoms with E-state index in [9.17, 15) is 0 Å². The lowest BCUT2D eigenvalue weighted by atomic mass is 10.2. The number of hydrogen-bond donors (Lipinski definition) is 4. The van der Waals surface area contributed by atoms with Crippen molar-refractivity contribution in [3.63, 3.8) is 0 Å². The van der Waals surface area contributed by atoms with Gasteiger partial charge in [0.2, 0.25) is 0 Å². The van der Waals surface area contributed by atoms with E-state index in [-0.39, 0.29) is 13.2 Å². The lowest BCUT2D eigenvalue weighted by Crippen LogP contribution is -1.85. The molecule has 0 radical (unpaired) electrons. The van der Waals surface area contributed by atoms with Crippen molar-refractivity contribution in [2.75, 3.05) is 13.2 Å². The van der Waals surface area contributed by atoms with E-state index in [0.717, 1.165) is 25.7 Å². The van der Waals surface area contributed by atoms with Gasteiger partial charge in [-0.1, -0.05) is 12.8 Å². The predicted octanol–water partition coefficient (Wildman–Crippen LogP) is -1.23. The number of aliphatic hydroxyl groups is 2. The second kappa shape index (κ2) is 16.5. The van der Waals surface area contributed by atoms with E-state index in [0.29, 0.717) is 0 Å². The summed E-state index contributed by atoms with van der Waals surface area (Å²) in [6.45, 7) is 0.566. The summed E-state index contributed by atoms with van der Waals surface area (Å²) in [5.41, 5.74) is 0. The molecule has 0 aromatic carbocycles. The molecule has 0 aromatic heterocycles. The largest absolute Gasteiger partial charge is 0.432 e. The van der Waals surface area contributed by atoms with Gasteiger partial charge in [0.05, 0.1) is 0 Å². The molecule has 0 heterocycles. The summed E-state index contributed by atoms with van der Waals surface area (Å²) in [6, 6.07) is 0. The van der Waals surface area contributed by atoms with E-state index in [4.69, 9.17) is 20.3 Å². The van der Waals surface area contributed by atoms with E-state index >= 15 is 0 Å². The molecular formula is C6H17BO4. The van der Waals surface area contributed by atoms with Crippen LogP contribution in [0.15, 0.2) is 0 Å². The van der Waals surface area contributed by atoms with Crippen LogP contribution in [0.1, 0.15) is 25.7 Å². The molecule has 0 saturated carbocycles. The Balaban J connectivity index is 0. The van der Waals surface area contributed by atoms with E-state index < -0.39 is 7.69 Å². The molecular weight excluding hydrogens is 147 g/mol. The van der Waals surface area contributed by atoms with Crippen LogP contribution in [0.5, 0.6) is 0 Å². The Kier molecular flexibility index (Phi) is 20.2. The lowest BCUT2D eigenvalue weighted by Gasteiger charge is -1.93. The van der Waals surface area contributed by atoms with Gasteiger partial charge in [0.1, 0.15) is 0 Å². The van der Waals surface area contributed by atoms with Crippen LogP contribution in [-0.4, -0.2) is 41.2 Å². The standard InChI is InChI=1S/C6H14O2.BH3O2/c7-5-3-1-2-4-6-8;2-1-3/h7-8H,1-6H2;1-3H. The van der Waals surface area contributed by atoms with Gasteiger partial charge in [0.15, 0.2) is 0 Å². The maximum absolute atomic E-state index is 8.30. The van der Waals surface area contributed by atoms with Gasteiger partial charge >= 0.3 is 7.69 Å². The molecule has 5 heteroatoms. The van der Waals surface area contributed by atoms with Crippen molar-refractivity contribution in [2.24, 2.45) is 0 Å². The zero-order chi connectivity index (χ0) is 8.95. The first-order chi connectivity index (χ1) is 5.33. The minimum Gasteiger partial charge on any atom is -0.430 e. The Morgan fingerprint density at radius 2 is 1.00 bits per heavy atom. The first-order valence-electron chi connectivity index (χ1n) is 3.76. The van der Waals surface area contributed by atoms with Crippen LogP contribution in [-0.2, 0) is 0 Å². The maximum atomic E-state index is 8.30. The van der Waals surface area contributed by atoms with Gasteiger partial charge < -0.3 is 20.3 Å². The average molecular weight is 164 g/mol. The highest BCUT2D eigenvalue weighted by atomic mass is 16.4. The zero-order valence-corrected chi connectivity index (χ0v) is 6.74. The summed E-state index contributed by atoms with van der Waals surface area (Å²) in [4.78, 5) is 0. The first kappa shape index (κ1) is 13.5. The minimum absolute atomic E-state index is 0.283. The van der Waals surface area contributed by atoms with Crippen LogP contribution in [0.4, 0.5) is 0 Å².